The van der Waals surface area contributed by atoms with Gasteiger partial charge in [-0.1, -0.05) is 6.07 Å². The van der Waals surface area contributed by atoms with Gasteiger partial charge in [0, 0.05) is 13.0 Å². The number of hydrogen-bond donors (Lipinski definition) is 3. The summed E-state index contributed by atoms with van der Waals surface area (Å²) >= 11 is 0. The van der Waals surface area contributed by atoms with Crippen molar-refractivity contribution in [1.82, 2.24) is 4.72 Å². The number of nitrogens with one attached hydrogen (secondary N) is 1. The molecule has 0 unspecified atom stereocenters. The summed E-state index contributed by atoms with van der Waals surface area (Å²) in [5, 5.41) is 0. The number of carbonyl (C=O) groups is 1. The lowest BCUT2D eigenvalue weighted by atomic mass is 10.3. The summed E-state index contributed by atoms with van der Waals surface area (Å²) in [5.41, 5.74) is 10.0. The Morgan fingerprint density at radius 1 is 1.41 bits per heavy atom. The number of halogens is 1. The molecule has 0 saturated carbocycles. The van der Waals surface area contributed by atoms with Crippen LogP contribution in [0.25, 0.3) is 0 Å². The van der Waals surface area contributed by atoms with Crippen molar-refractivity contribution in [3.63, 3.8) is 0 Å². The third-order valence-electron chi connectivity index (χ3n) is 1.93. The Balaban J connectivity index is 2.94. The number of anilines is 1. The lowest BCUT2D eigenvalue weighted by molar-refractivity contribution is -0.117. The first-order valence-electron chi connectivity index (χ1n) is 4.66. The predicted molar refractivity (Wildman–Crippen MR) is 59.8 cm³/mol. The van der Waals surface area contributed by atoms with E-state index in [4.69, 9.17) is 11.5 Å². The molecule has 0 radical (unpaired) electrons. The maximum Gasteiger partial charge on any atom is 0.245 e. The van der Waals surface area contributed by atoms with E-state index in [2.05, 4.69) is 0 Å². The summed E-state index contributed by atoms with van der Waals surface area (Å²) in [7, 11) is -4.08. The summed E-state index contributed by atoms with van der Waals surface area (Å²) in [4.78, 5) is 9.82. The number of primary amides is 1. The molecule has 0 bridgehead atoms. The van der Waals surface area contributed by atoms with Crippen LogP contribution in [-0.2, 0) is 14.8 Å². The molecule has 1 aromatic rings. The van der Waals surface area contributed by atoms with Gasteiger partial charge in [0.15, 0.2) is 0 Å². The van der Waals surface area contributed by atoms with Gasteiger partial charge in [0.05, 0.1) is 5.69 Å². The van der Waals surface area contributed by atoms with E-state index in [1.807, 2.05) is 4.72 Å². The molecule has 5 N–H and O–H groups in total. The third-order valence-corrected chi connectivity index (χ3v) is 3.48. The molecule has 94 valence electrons. The third kappa shape index (κ3) is 3.40. The van der Waals surface area contributed by atoms with Crippen LogP contribution < -0.4 is 16.2 Å². The zero-order valence-electron chi connectivity index (χ0n) is 8.81. The van der Waals surface area contributed by atoms with Crippen LogP contribution >= 0.6 is 0 Å². The Hall–Kier alpha value is -1.67. The van der Waals surface area contributed by atoms with Crippen molar-refractivity contribution in [2.24, 2.45) is 5.73 Å². The average Bonchev–Trinajstić information content (AvgIpc) is 2.15. The standard InChI is InChI=1S/C9H12FN3O3S/c10-6-2-1-3-7(11)9(6)17(15,16)13-5-4-8(12)14/h1-3,13H,4-5,11H2,(H2,12,14). The van der Waals surface area contributed by atoms with E-state index in [-0.39, 0.29) is 18.7 Å². The number of rotatable bonds is 5. The highest BCUT2D eigenvalue weighted by atomic mass is 32.2. The van der Waals surface area contributed by atoms with Gasteiger partial charge >= 0.3 is 0 Å². The van der Waals surface area contributed by atoms with Crippen molar-refractivity contribution in [3.8, 4) is 0 Å². The molecular formula is C9H12FN3O3S. The zero-order valence-corrected chi connectivity index (χ0v) is 9.63. The monoisotopic (exact) mass is 261 g/mol. The Morgan fingerprint density at radius 2 is 2.06 bits per heavy atom. The molecule has 0 atom stereocenters. The minimum absolute atomic E-state index is 0.173. The number of nitrogens with two attached hydrogens (primary N) is 2. The number of nitrogen functional groups attached to an aromatic ring is 1. The molecule has 1 rings (SSSR count). The van der Waals surface area contributed by atoms with Gasteiger partial charge in [-0.3, -0.25) is 4.79 Å². The molecule has 1 aromatic carbocycles. The second-order valence-electron chi connectivity index (χ2n) is 3.27. The fourth-order valence-electron chi connectivity index (χ4n) is 1.19. The maximum atomic E-state index is 13.3. The Kier molecular flexibility index (Phi) is 4.02. The van der Waals surface area contributed by atoms with Gasteiger partial charge in [0.25, 0.3) is 0 Å². The van der Waals surface area contributed by atoms with Crippen LogP contribution in [0.5, 0.6) is 0 Å². The molecule has 0 aromatic heterocycles. The summed E-state index contributed by atoms with van der Waals surface area (Å²) in [6, 6.07) is 3.55. The number of hydrogen-bond acceptors (Lipinski definition) is 4. The molecule has 8 heteroatoms. The molecule has 0 aliphatic rings. The molecule has 0 fully saturated rings. The van der Waals surface area contributed by atoms with Crippen LogP contribution in [0.4, 0.5) is 10.1 Å². The fourth-order valence-corrected chi connectivity index (χ4v) is 2.41. The molecule has 0 aliphatic carbocycles. The zero-order chi connectivity index (χ0) is 13.1. The van der Waals surface area contributed by atoms with Gasteiger partial charge in [0.1, 0.15) is 10.7 Å². The van der Waals surface area contributed by atoms with Gasteiger partial charge in [0.2, 0.25) is 15.9 Å². The molecule has 0 spiro atoms. The van der Waals surface area contributed by atoms with Gasteiger partial charge in [-0.25, -0.2) is 17.5 Å². The van der Waals surface area contributed by atoms with E-state index >= 15 is 0 Å². The van der Waals surface area contributed by atoms with Crippen LogP contribution in [0, 0.1) is 5.82 Å². The second-order valence-corrected chi connectivity index (χ2v) is 4.98. The SMILES string of the molecule is NC(=O)CCNS(=O)(=O)c1c(N)cccc1F. The van der Waals surface area contributed by atoms with Crippen LogP contribution in [0.15, 0.2) is 23.1 Å². The minimum Gasteiger partial charge on any atom is -0.398 e. The van der Waals surface area contributed by atoms with Crippen molar-refractivity contribution < 1.29 is 17.6 Å². The highest BCUT2D eigenvalue weighted by Crippen LogP contribution is 2.20. The molecule has 17 heavy (non-hydrogen) atoms. The highest BCUT2D eigenvalue weighted by molar-refractivity contribution is 7.89. The number of carbonyl (C=O) groups excluding carboxylic acids is 1. The molecule has 0 aliphatic heterocycles. The maximum absolute atomic E-state index is 13.3. The van der Waals surface area contributed by atoms with Crippen LogP contribution in [0.3, 0.4) is 0 Å². The lowest BCUT2D eigenvalue weighted by Gasteiger charge is -2.08. The van der Waals surface area contributed by atoms with Crippen molar-refractivity contribution in [2.45, 2.75) is 11.3 Å². The highest BCUT2D eigenvalue weighted by Gasteiger charge is 2.21. The largest absolute Gasteiger partial charge is 0.398 e. The molecule has 1 amide bonds. The minimum atomic E-state index is -4.08. The van der Waals surface area contributed by atoms with E-state index in [1.54, 1.807) is 0 Å². The number of amides is 1. The summed E-state index contributed by atoms with van der Waals surface area (Å²) < 4.78 is 38.7. The van der Waals surface area contributed by atoms with E-state index in [9.17, 15) is 17.6 Å². The van der Waals surface area contributed by atoms with E-state index in [0.29, 0.717) is 0 Å². The average molecular weight is 261 g/mol. The second kappa shape index (κ2) is 5.11. The van der Waals surface area contributed by atoms with E-state index < -0.39 is 26.6 Å². The van der Waals surface area contributed by atoms with Crippen molar-refractivity contribution in [1.29, 1.82) is 0 Å². The smallest absolute Gasteiger partial charge is 0.245 e. The topological polar surface area (TPSA) is 115 Å². The molecular weight excluding hydrogens is 249 g/mol. The van der Waals surface area contributed by atoms with Crippen molar-refractivity contribution in [3.05, 3.63) is 24.0 Å². The molecule has 0 saturated heterocycles. The summed E-state index contributed by atoms with van der Waals surface area (Å²) in [5.74, 6) is -1.61. The predicted octanol–water partition coefficient (Wildman–Crippen LogP) is -0.438. The fraction of sp³-hybridized carbons (Fsp3) is 0.222. The van der Waals surface area contributed by atoms with Gasteiger partial charge in [-0.05, 0) is 12.1 Å². The first-order chi connectivity index (χ1) is 7.84. The first kappa shape index (κ1) is 13.4. The molecule has 0 heterocycles. The summed E-state index contributed by atoms with van der Waals surface area (Å²) in [6.45, 7) is -0.203. The Bertz CT molecular complexity index is 510. The van der Waals surface area contributed by atoms with Crippen LogP contribution in [0.2, 0.25) is 0 Å². The van der Waals surface area contributed by atoms with E-state index in [0.717, 1.165) is 6.07 Å². The molecule has 6 nitrogen and oxygen atoms in total. The first-order valence-corrected chi connectivity index (χ1v) is 6.15. The van der Waals surface area contributed by atoms with Crippen molar-refractivity contribution in [2.75, 3.05) is 12.3 Å². The van der Waals surface area contributed by atoms with Crippen molar-refractivity contribution >= 4 is 21.6 Å². The van der Waals surface area contributed by atoms with Gasteiger partial charge in [-0.2, -0.15) is 0 Å². The lowest BCUT2D eigenvalue weighted by Crippen LogP contribution is -2.29. The van der Waals surface area contributed by atoms with Gasteiger partial charge < -0.3 is 11.5 Å². The van der Waals surface area contributed by atoms with Crippen LogP contribution in [0.1, 0.15) is 6.42 Å². The Morgan fingerprint density at radius 3 is 2.59 bits per heavy atom. The summed E-state index contributed by atoms with van der Waals surface area (Å²) in [6.07, 6.45) is -0.173. The number of benzene rings is 1. The number of sulfonamides is 1. The van der Waals surface area contributed by atoms with Gasteiger partial charge in [-0.15, -0.1) is 0 Å². The Labute approximate surface area is 97.8 Å². The van der Waals surface area contributed by atoms with Crippen LogP contribution in [-0.4, -0.2) is 20.9 Å². The quantitative estimate of drug-likeness (QED) is 0.623. The normalized spacial score (nSPS) is 11.4. The van der Waals surface area contributed by atoms with E-state index in [1.165, 1.54) is 12.1 Å².